The van der Waals surface area contributed by atoms with Crippen molar-refractivity contribution in [2.75, 3.05) is 5.73 Å². The number of anilines is 1. The van der Waals surface area contributed by atoms with Crippen molar-refractivity contribution in [3.8, 4) is 5.75 Å². The fourth-order valence-electron chi connectivity index (χ4n) is 1.90. The van der Waals surface area contributed by atoms with Gasteiger partial charge in [0, 0.05) is 11.5 Å². The Bertz CT molecular complexity index is 591. The molecular formula is C17H19NO2. The zero-order valence-corrected chi connectivity index (χ0v) is 11.8. The topological polar surface area (TPSA) is 52.3 Å². The summed E-state index contributed by atoms with van der Waals surface area (Å²) in [6.07, 6.45) is 0. The van der Waals surface area contributed by atoms with E-state index in [2.05, 4.69) is 0 Å². The third-order valence-corrected chi connectivity index (χ3v) is 3.06. The predicted octanol–water partition coefficient (Wildman–Crippen LogP) is 3.69. The molecule has 2 aromatic carbocycles. The second-order valence-electron chi connectivity index (χ2n) is 5.05. The molecule has 104 valence electrons. The zero-order valence-electron chi connectivity index (χ0n) is 11.8. The molecule has 20 heavy (non-hydrogen) atoms. The summed E-state index contributed by atoms with van der Waals surface area (Å²) in [7, 11) is 0. The highest BCUT2D eigenvalue weighted by molar-refractivity contribution is 5.98. The SMILES string of the molecule is CC(C)C(=O)c1ccc(OCc2ccccc2)c(N)c1. The van der Waals surface area contributed by atoms with Gasteiger partial charge in [0.1, 0.15) is 12.4 Å². The average Bonchev–Trinajstić information content (AvgIpc) is 2.46. The van der Waals surface area contributed by atoms with Crippen LogP contribution < -0.4 is 10.5 Å². The molecule has 0 saturated heterocycles. The van der Waals surface area contributed by atoms with E-state index in [1.807, 2.05) is 44.2 Å². The van der Waals surface area contributed by atoms with Crippen molar-refractivity contribution < 1.29 is 9.53 Å². The number of hydrogen-bond acceptors (Lipinski definition) is 3. The molecule has 0 aliphatic rings. The van der Waals surface area contributed by atoms with Crippen molar-refractivity contribution >= 4 is 11.5 Å². The molecule has 3 nitrogen and oxygen atoms in total. The lowest BCUT2D eigenvalue weighted by molar-refractivity contribution is 0.0939. The van der Waals surface area contributed by atoms with Crippen molar-refractivity contribution in [3.63, 3.8) is 0 Å². The monoisotopic (exact) mass is 269 g/mol. The maximum absolute atomic E-state index is 11.9. The Hall–Kier alpha value is -2.29. The summed E-state index contributed by atoms with van der Waals surface area (Å²) in [5.74, 6) is 0.658. The molecule has 2 N–H and O–H groups in total. The van der Waals surface area contributed by atoms with Crippen LogP contribution in [0.2, 0.25) is 0 Å². The molecule has 0 aliphatic heterocycles. The van der Waals surface area contributed by atoms with Crippen LogP contribution in [0.1, 0.15) is 29.8 Å². The zero-order chi connectivity index (χ0) is 14.5. The molecular weight excluding hydrogens is 250 g/mol. The molecule has 0 aliphatic carbocycles. The van der Waals surface area contributed by atoms with Crippen LogP contribution in [0.4, 0.5) is 5.69 Å². The first-order valence-electron chi connectivity index (χ1n) is 6.68. The number of rotatable bonds is 5. The van der Waals surface area contributed by atoms with Gasteiger partial charge in [-0.3, -0.25) is 4.79 Å². The van der Waals surface area contributed by atoms with Crippen LogP contribution in [0.15, 0.2) is 48.5 Å². The number of ketones is 1. The molecule has 0 radical (unpaired) electrons. The maximum Gasteiger partial charge on any atom is 0.165 e. The van der Waals surface area contributed by atoms with Gasteiger partial charge in [0.2, 0.25) is 0 Å². The normalized spacial score (nSPS) is 10.6. The molecule has 0 spiro atoms. The van der Waals surface area contributed by atoms with Crippen molar-refractivity contribution in [1.82, 2.24) is 0 Å². The van der Waals surface area contributed by atoms with Crippen LogP contribution in [0.3, 0.4) is 0 Å². The summed E-state index contributed by atoms with van der Waals surface area (Å²) >= 11 is 0. The largest absolute Gasteiger partial charge is 0.487 e. The Morgan fingerprint density at radius 3 is 2.45 bits per heavy atom. The lowest BCUT2D eigenvalue weighted by Gasteiger charge is -2.11. The Balaban J connectivity index is 2.08. The van der Waals surface area contributed by atoms with Gasteiger partial charge in [0.05, 0.1) is 5.69 Å². The third kappa shape index (κ3) is 3.38. The van der Waals surface area contributed by atoms with Crippen LogP contribution >= 0.6 is 0 Å². The smallest absolute Gasteiger partial charge is 0.165 e. The van der Waals surface area contributed by atoms with E-state index < -0.39 is 0 Å². The van der Waals surface area contributed by atoms with Gasteiger partial charge in [-0.25, -0.2) is 0 Å². The predicted molar refractivity (Wildman–Crippen MR) is 80.8 cm³/mol. The molecule has 0 unspecified atom stereocenters. The van der Waals surface area contributed by atoms with E-state index in [-0.39, 0.29) is 11.7 Å². The summed E-state index contributed by atoms with van der Waals surface area (Å²) in [6, 6.07) is 15.1. The molecule has 0 heterocycles. The first-order valence-corrected chi connectivity index (χ1v) is 6.68. The van der Waals surface area contributed by atoms with Gasteiger partial charge in [0.15, 0.2) is 5.78 Å². The Labute approximate surface area is 119 Å². The van der Waals surface area contributed by atoms with Crippen LogP contribution in [-0.2, 0) is 6.61 Å². The van der Waals surface area contributed by atoms with Gasteiger partial charge in [-0.15, -0.1) is 0 Å². The summed E-state index contributed by atoms with van der Waals surface area (Å²) in [4.78, 5) is 11.9. The number of carbonyl (C=O) groups is 1. The van der Waals surface area contributed by atoms with Gasteiger partial charge in [0.25, 0.3) is 0 Å². The number of ether oxygens (including phenoxy) is 1. The molecule has 2 aromatic rings. The minimum absolute atomic E-state index is 0.0366. The number of Topliss-reactive ketones (excluding diaryl/α,β-unsaturated/α-hetero) is 1. The van der Waals surface area contributed by atoms with Crippen LogP contribution in [0.5, 0.6) is 5.75 Å². The first kappa shape index (κ1) is 14.1. The number of benzene rings is 2. The van der Waals surface area contributed by atoms with Crippen LogP contribution in [0.25, 0.3) is 0 Å². The lowest BCUT2D eigenvalue weighted by atomic mass is 10.0. The molecule has 3 heteroatoms. The van der Waals surface area contributed by atoms with Crippen LogP contribution in [-0.4, -0.2) is 5.78 Å². The second kappa shape index (κ2) is 6.24. The van der Waals surface area contributed by atoms with Crippen molar-refractivity contribution in [2.45, 2.75) is 20.5 Å². The standard InChI is InChI=1S/C17H19NO2/c1-12(2)17(19)14-8-9-16(15(18)10-14)20-11-13-6-4-3-5-7-13/h3-10,12H,11,18H2,1-2H3. The molecule has 0 bridgehead atoms. The van der Waals surface area contributed by atoms with Gasteiger partial charge < -0.3 is 10.5 Å². The molecule has 0 saturated carbocycles. The van der Waals surface area contributed by atoms with Gasteiger partial charge in [-0.2, -0.15) is 0 Å². The Morgan fingerprint density at radius 2 is 1.85 bits per heavy atom. The first-order chi connectivity index (χ1) is 9.58. The summed E-state index contributed by atoms with van der Waals surface area (Å²) < 4.78 is 5.68. The van der Waals surface area contributed by atoms with E-state index in [9.17, 15) is 4.79 Å². The molecule has 2 rings (SSSR count). The highest BCUT2D eigenvalue weighted by atomic mass is 16.5. The summed E-state index contributed by atoms with van der Waals surface area (Å²) in [6.45, 7) is 4.21. The van der Waals surface area contributed by atoms with E-state index in [0.717, 1.165) is 5.56 Å². The van der Waals surface area contributed by atoms with Crippen molar-refractivity contribution in [3.05, 3.63) is 59.7 Å². The van der Waals surface area contributed by atoms with Crippen molar-refractivity contribution in [1.29, 1.82) is 0 Å². The highest BCUT2D eigenvalue weighted by Crippen LogP contribution is 2.24. The van der Waals surface area contributed by atoms with Gasteiger partial charge in [-0.1, -0.05) is 44.2 Å². The van der Waals surface area contributed by atoms with E-state index in [0.29, 0.717) is 23.6 Å². The summed E-state index contributed by atoms with van der Waals surface area (Å²) in [5, 5.41) is 0. The lowest BCUT2D eigenvalue weighted by Crippen LogP contribution is -2.08. The second-order valence-corrected chi connectivity index (χ2v) is 5.05. The number of nitrogens with two attached hydrogens (primary N) is 1. The highest BCUT2D eigenvalue weighted by Gasteiger charge is 2.12. The van der Waals surface area contributed by atoms with Gasteiger partial charge in [-0.05, 0) is 23.8 Å². The Kier molecular flexibility index (Phi) is 4.41. The van der Waals surface area contributed by atoms with E-state index in [4.69, 9.17) is 10.5 Å². The summed E-state index contributed by atoms with van der Waals surface area (Å²) in [5.41, 5.74) is 8.15. The number of carbonyl (C=O) groups excluding carboxylic acids is 1. The average molecular weight is 269 g/mol. The molecule has 0 aromatic heterocycles. The fraction of sp³-hybridized carbons (Fsp3) is 0.235. The molecule has 0 fully saturated rings. The van der Waals surface area contributed by atoms with E-state index >= 15 is 0 Å². The third-order valence-electron chi connectivity index (χ3n) is 3.06. The van der Waals surface area contributed by atoms with E-state index in [1.54, 1.807) is 18.2 Å². The Morgan fingerprint density at radius 1 is 1.15 bits per heavy atom. The number of nitrogen functional groups attached to an aromatic ring is 1. The molecule has 0 atom stereocenters. The van der Waals surface area contributed by atoms with Crippen LogP contribution in [0, 0.1) is 5.92 Å². The number of hydrogen-bond donors (Lipinski definition) is 1. The minimum atomic E-state index is -0.0366. The quantitative estimate of drug-likeness (QED) is 0.665. The molecule has 0 amide bonds. The fourth-order valence-corrected chi connectivity index (χ4v) is 1.90. The maximum atomic E-state index is 11.9. The van der Waals surface area contributed by atoms with Crippen molar-refractivity contribution in [2.24, 2.45) is 5.92 Å². The van der Waals surface area contributed by atoms with Gasteiger partial charge >= 0.3 is 0 Å². The minimum Gasteiger partial charge on any atom is -0.487 e. The van der Waals surface area contributed by atoms with E-state index in [1.165, 1.54) is 0 Å².